The van der Waals surface area contributed by atoms with Crippen LogP contribution in [0.2, 0.25) is 0 Å². The summed E-state index contributed by atoms with van der Waals surface area (Å²) in [5, 5.41) is 3.65. The highest BCUT2D eigenvalue weighted by Gasteiger charge is 2.15. The molecule has 4 rings (SSSR count). The Hall–Kier alpha value is -3.80. The lowest BCUT2D eigenvalue weighted by Gasteiger charge is -2.11. The van der Waals surface area contributed by atoms with Crippen molar-refractivity contribution in [1.82, 2.24) is 20.3 Å². The second-order valence-corrected chi connectivity index (χ2v) is 6.93. The maximum Gasteiger partial charge on any atom is 0.253 e. The maximum absolute atomic E-state index is 13.0. The predicted molar refractivity (Wildman–Crippen MR) is 113 cm³/mol. The molecule has 6 heteroatoms. The smallest absolute Gasteiger partial charge is 0.253 e. The summed E-state index contributed by atoms with van der Waals surface area (Å²) in [7, 11) is 0. The van der Waals surface area contributed by atoms with Crippen molar-refractivity contribution >= 4 is 16.8 Å². The summed E-state index contributed by atoms with van der Waals surface area (Å²) in [6.07, 6.45) is 3.39. The fourth-order valence-electron chi connectivity index (χ4n) is 3.40. The highest BCUT2D eigenvalue weighted by atomic mass is 16.1. The van der Waals surface area contributed by atoms with Crippen molar-refractivity contribution in [2.75, 3.05) is 0 Å². The third kappa shape index (κ3) is 3.78. The Morgan fingerprint density at radius 3 is 2.59 bits per heavy atom. The second kappa shape index (κ2) is 7.67. The van der Waals surface area contributed by atoms with Crippen LogP contribution in [0.15, 0.2) is 65.7 Å². The molecule has 3 heterocycles. The van der Waals surface area contributed by atoms with Crippen LogP contribution in [0.25, 0.3) is 22.2 Å². The molecule has 29 heavy (non-hydrogen) atoms. The van der Waals surface area contributed by atoms with Crippen molar-refractivity contribution in [2.45, 2.75) is 20.4 Å². The minimum atomic E-state index is -0.252. The Balaban J connectivity index is 1.71. The highest BCUT2D eigenvalue weighted by Crippen LogP contribution is 2.24. The molecule has 0 spiro atoms. The van der Waals surface area contributed by atoms with Gasteiger partial charge in [-0.25, -0.2) is 4.98 Å². The zero-order valence-electron chi connectivity index (χ0n) is 16.2. The summed E-state index contributed by atoms with van der Waals surface area (Å²) in [6, 6.07) is 14.9. The predicted octanol–water partition coefficient (Wildman–Crippen LogP) is 3.53. The number of nitrogens with one attached hydrogen (secondary N) is 2. The van der Waals surface area contributed by atoms with Gasteiger partial charge in [0.1, 0.15) is 0 Å². The highest BCUT2D eigenvalue weighted by molar-refractivity contribution is 6.07. The largest absolute Gasteiger partial charge is 0.348 e. The molecule has 0 saturated heterocycles. The maximum atomic E-state index is 13.0. The summed E-state index contributed by atoms with van der Waals surface area (Å²) in [5.41, 5.74) is 4.84. The van der Waals surface area contributed by atoms with Gasteiger partial charge in [-0.2, -0.15) is 0 Å². The van der Waals surface area contributed by atoms with Gasteiger partial charge in [0.2, 0.25) is 0 Å². The third-order valence-electron chi connectivity index (χ3n) is 4.86. The number of aromatic nitrogens is 3. The molecule has 0 atom stereocenters. The van der Waals surface area contributed by atoms with E-state index in [0.717, 1.165) is 27.7 Å². The van der Waals surface area contributed by atoms with Gasteiger partial charge >= 0.3 is 0 Å². The van der Waals surface area contributed by atoms with E-state index in [9.17, 15) is 9.59 Å². The molecule has 0 aliphatic carbocycles. The zero-order valence-corrected chi connectivity index (χ0v) is 16.2. The average molecular weight is 384 g/mol. The summed E-state index contributed by atoms with van der Waals surface area (Å²) in [6.45, 7) is 3.86. The molecule has 6 nitrogen and oxygen atoms in total. The van der Waals surface area contributed by atoms with E-state index in [1.165, 1.54) is 0 Å². The Morgan fingerprint density at radius 1 is 1.07 bits per heavy atom. The Labute approximate surface area is 167 Å². The molecule has 0 radical (unpaired) electrons. The number of aromatic amines is 1. The minimum Gasteiger partial charge on any atom is -0.348 e. The van der Waals surface area contributed by atoms with Gasteiger partial charge in [-0.15, -0.1) is 0 Å². The molecular formula is C23H20N4O2. The lowest BCUT2D eigenvalue weighted by atomic mass is 10.0. The number of carbonyl (C=O) groups excluding carboxylic acids is 1. The molecule has 0 unspecified atom stereocenters. The van der Waals surface area contributed by atoms with Crippen molar-refractivity contribution in [3.8, 4) is 11.3 Å². The van der Waals surface area contributed by atoms with Gasteiger partial charge in [0.25, 0.3) is 11.5 Å². The summed E-state index contributed by atoms with van der Waals surface area (Å²) in [4.78, 5) is 36.8. The van der Waals surface area contributed by atoms with Crippen molar-refractivity contribution in [2.24, 2.45) is 0 Å². The van der Waals surface area contributed by atoms with Crippen molar-refractivity contribution < 1.29 is 4.79 Å². The molecule has 0 bridgehead atoms. The fourth-order valence-corrected chi connectivity index (χ4v) is 3.40. The minimum absolute atomic E-state index is 0.154. The Morgan fingerprint density at radius 2 is 1.83 bits per heavy atom. The van der Waals surface area contributed by atoms with Crippen molar-refractivity contribution in [3.05, 3.63) is 93.7 Å². The quantitative estimate of drug-likeness (QED) is 0.563. The van der Waals surface area contributed by atoms with Crippen LogP contribution < -0.4 is 10.9 Å². The van der Waals surface area contributed by atoms with E-state index in [4.69, 9.17) is 0 Å². The summed E-state index contributed by atoms with van der Waals surface area (Å²) in [5.74, 6) is -0.252. The number of pyridine rings is 3. The standard InChI is InChI=1S/C23H20N4O2/c1-14-11-15(2)26-23(29)19(14)13-25-22(28)18-12-21(16-7-9-24-10-8-16)27-20-6-4-3-5-17(18)20/h3-12H,13H2,1-2H3,(H,25,28)(H,26,29). The van der Waals surface area contributed by atoms with Gasteiger partial charge in [0, 0.05) is 41.1 Å². The van der Waals surface area contributed by atoms with Gasteiger partial charge < -0.3 is 10.3 Å². The van der Waals surface area contributed by atoms with E-state index in [-0.39, 0.29) is 18.0 Å². The number of amides is 1. The number of benzene rings is 1. The molecule has 144 valence electrons. The van der Waals surface area contributed by atoms with Crippen LogP contribution in [0, 0.1) is 13.8 Å². The first-order chi connectivity index (χ1) is 14.0. The number of nitrogens with zero attached hydrogens (tertiary/aromatic N) is 2. The lowest BCUT2D eigenvalue weighted by Crippen LogP contribution is -2.28. The number of fused-ring (bicyclic) bond motifs is 1. The number of aryl methyl sites for hydroxylation is 2. The Kier molecular flexibility index (Phi) is 4.91. The number of para-hydroxylation sites is 1. The summed E-state index contributed by atoms with van der Waals surface area (Å²) < 4.78 is 0. The van der Waals surface area contributed by atoms with E-state index in [1.54, 1.807) is 18.5 Å². The number of hydrogen-bond acceptors (Lipinski definition) is 4. The molecule has 1 aromatic carbocycles. The Bertz CT molecular complexity index is 1260. The number of carbonyl (C=O) groups is 1. The molecule has 1 amide bonds. The molecule has 0 fully saturated rings. The monoisotopic (exact) mass is 384 g/mol. The molecular weight excluding hydrogens is 364 g/mol. The summed E-state index contributed by atoms with van der Waals surface area (Å²) >= 11 is 0. The third-order valence-corrected chi connectivity index (χ3v) is 4.86. The van der Waals surface area contributed by atoms with Gasteiger partial charge in [0.15, 0.2) is 0 Å². The topological polar surface area (TPSA) is 87.7 Å². The van der Waals surface area contributed by atoms with E-state index in [2.05, 4.69) is 20.3 Å². The van der Waals surface area contributed by atoms with Gasteiger partial charge in [-0.3, -0.25) is 14.6 Å². The van der Waals surface area contributed by atoms with Crippen LogP contribution in [-0.2, 0) is 6.54 Å². The normalized spacial score (nSPS) is 10.8. The van der Waals surface area contributed by atoms with E-state index < -0.39 is 0 Å². The molecule has 0 aliphatic heterocycles. The van der Waals surface area contributed by atoms with Crippen LogP contribution in [-0.4, -0.2) is 20.9 Å². The van der Waals surface area contributed by atoms with E-state index >= 15 is 0 Å². The first-order valence-electron chi connectivity index (χ1n) is 9.31. The molecule has 2 N–H and O–H groups in total. The molecule has 3 aromatic heterocycles. The first kappa shape index (κ1) is 18.6. The van der Waals surface area contributed by atoms with Crippen LogP contribution in [0.4, 0.5) is 0 Å². The van der Waals surface area contributed by atoms with Crippen LogP contribution in [0.1, 0.15) is 27.2 Å². The van der Waals surface area contributed by atoms with Gasteiger partial charge in [-0.1, -0.05) is 18.2 Å². The van der Waals surface area contributed by atoms with Crippen LogP contribution >= 0.6 is 0 Å². The van der Waals surface area contributed by atoms with E-state index in [1.807, 2.05) is 56.3 Å². The van der Waals surface area contributed by atoms with Gasteiger partial charge in [-0.05, 0) is 49.7 Å². The molecule has 0 aliphatic rings. The number of H-pyrrole nitrogens is 1. The molecule has 4 aromatic rings. The molecule has 0 saturated carbocycles. The fraction of sp³-hybridized carbons (Fsp3) is 0.130. The SMILES string of the molecule is Cc1cc(C)c(CNC(=O)c2cc(-c3ccncc3)nc3ccccc23)c(=O)[nH]1. The number of hydrogen-bond donors (Lipinski definition) is 2. The average Bonchev–Trinajstić information content (AvgIpc) is 2.72. The van der Waals surface area contributed by atoms with Crippen molar-refractivity contribution in [3.63, 3.8) is 0 Å². The van der Waals surface area contributed by atoms with Crippen LogP contribution in [0.5, 0.6) is 0 Å². The van der Waals surface area contributed by atoms with Gasteiger partial charge in [0.05, 0.1) is 16.8 Å². The van der Waals surface area contributed by atoms with Crippen LogP contribution in [0.3, 0.4) is 0 Å². The number of rotatable bonds is 4. The zero-order chi connectivity index (χ0) is 20.4. The lowest BCUT2D eigenvalue weighted by molar-refractivity contribution is 0.0952. The van der Waals surface area contributed by atoms with E-state index in [0.29, 0.717) is 16.8 Å². The first-order valence-corrected chi connectivity index (χ1v) is 9.31. The second-order valence-electron chi connectivity index (χ2n) is 6.93. The van der Waals surface area contributed by atoms with Crippen molar-refractivity contribution in [1.29, 1.82) is 0 Å².